The van der Waals surface area contributed by atoms with Gasteiger partial charge in [-0.25, -0.2) is 0 Å². The second kappa shape index (κ2) is 9.16. The van der Waals surface area contributed by atoms with Crippen LogP contribution in [0.3, 0.4) is 0 Å². The van der Waals surface area contributed by atoms with E-state index in [1.807, 2.05) is 13.0 Å². The van der Waals surface area contributed by atoms with E-state index >= 15 is 0 Å². The van der Waals surface area contributed by atoms with Gasteiger partial charge in [0.2, 0.25) is 5.91 Å². The molecule has 0 radical (unpaired) electrons. The molecule has 6 heteroatoms. The van der Waals surface area contributed by atoms with E-state index < -0.39 is 23.7 Å². The summed E-state index contributed by atoms with van der Waals surface area (Å²) < 4.78 is 5.45. The summed E-state index contributed by atoms with van der Waals surface area (Å²) in [6.45, 7) is 10.4. The van der Waals surface area contributed by atoms with Gasteiger partial charge in [-0.2, -0.15) is 0 Å². The number of aliphatic hydroxyl groups excluding tert-OH is 2. The lowest BCUT2D eigenvalue weighted by molar-refractivity contribution is -0.149. The van der Waals surface area contributed by atoms with Gasteiger partial charge in [-0.1, -0.05) is 44.1 Å². The summed E-state index contributed by atoms with van der Waals surface area (Å²) in [5.74, 6) is -0.445. The van der Waals surface area contributed by atoms with Gasteiger partial charge < -0.3 is 20.3 Å². The number of carbonyl (C=O) groups is 2. The van der Waals surface area contributed by atoms with Crippen LogP contribution in [0.5, 0.6) is 0 Å². The Bertz CT molecular complexity index is 772. The first-order valence-electron chi connectivity index (χ1n) is 11.6. The quantitative estimate of drug-likeness (QED) is 0.470. The van der Waals surface area contributed by atoms with Crippen molar-refractivity contribution in [1.29, 1.82) is 0 Å². The molecule has 3 rings (SSSR count). The summed E-state index contributed by atoms with van der Waals surface area (Å²) >= 11 is 0. The first kappa shape index (κ1) is 24.1. The van der Waals surface area contributed by atoms with Crippen LogP contribution in [0, 0.1) is 29.1 Å². The Labute approximate surface area is 186 Å². The van der Waals surface area contributed by atoms with Crippen LogP contribution in [0.1, 0.15) is 60.3 Å². The molecule has 0 bridgehead atoms. The van der Waals surface area contributed by atoms with Crippen molar-refractivity contribution in [3.8, 4) is 0 Å². The van der Waals surface area contributed by atoms with E-state index in [1.165, 1.54) is 12.7 Å². The fourth-order valence-electron chi connectivity index (χ4n) is 6.08. The maximum Gasteiger partial charge on any atom is 0.235 e. The predicted octanol–water partition coefficient (Wildman–Crippen LogP) is 2.78. The lowest BCUT2D eigenvalue weighted by Gasteiger charge is -2.45. The van der Waals surface area contributed by atoms with Crippen molar-refractivity contribution < 1.29 is 24.5 Å². The minimum absolute atomic E-state index is 0.0760. The normalized spacial score (nSPS) is 43.3. The maximum absolute atomic E-state index is 14.0. The molecule has 0 saturated carbocycles. The molecule has 1 fully saturated rings. The van der Waals surface area contributed by atoms with Gasteiger partial charge in [0.15, 0.2) is 5.78 Å². The Hall–Kier alpha value is -1.50. The lowest BCUT2D eigenvalue weighted by atomic mass is 9.54. The summed E-state index contributed by atoms with van der Waals surface area (Å²) in [4.78, 5) is 27.7. The highest BCUT2D eigenvalue weighted by molar-refractivity contribution is 6.09. The minimum atomic E-state index is -1.22. The van der Waals surface area contributed by atoms with E-state index in [0.29, 0.717) is 18.8 Å². The molecule has 1 spiro atoms. The molecule has 31 heavy (non-hydrogen) atoms. The van der Waals surface area contributed by atoms with Gasteiger partial charge in [-0.3, -0.25) is 9.59 Å². The monoisotopic (exact) mass is 433 g/mol. The number of aliphatic hydroxyl groups is 2. The van der Waals surface area contributed by atoms with Gasteiger partial charge in [-0.15, -0.1) is 0 Å². The Kier molecular flexibility index (Phi) is 7.14. The standard InChI is InChI=1S/C25H39NO5/c1-13(2)9-18-22-16(5)15(4)11-17-10-14(3)7-8-19(27)23(29)20(31-6)12-21(28)25(17,22)24(30)26-18/h10-11,13,16-20,22-23,27,29H,7-9,12H2,1-6H3,(H,26,30)/b14-10-. The van der Waals surface area contributed by atoms with E-state index in [0.717, 1.165) is 12.0 Å². The summed E-state index contributed by atoms with van der Waals surface area (Å²) in [5.41, 5.74) is 0.994. The third kappa shape index (κ3) is 4.14. The number of ether oxygens (including phenoxy) is 1. The van der Waals surface area contributed by atoms with Crippen molar-refractivity contribution in [2.24, 2.45) is 29.1 Å². The molecular weight excluding hydrogens is 394 g/mol. The van der Waals surface area contributed by atoms with Crippen LogP contribution in [0.25, 0.3) is 0 Å². The molecule has 1 aliphatic heterocycles. The highest BCUT2D eigenvalue weighted by Gasteiger charge is 2.65. The highest BCUT2D eigenvalue weighted by atomic mass is 16.5. The molecule has 1 amide bonds. The van der Waals surface area contributed by atoms with Crippen LogP contribution in [-0.4, -0.2) is 53.4 Å². The van der Waals surface area contributed by atoms with Gasteiger partial charge in [0.1, 0.15) is 11.5 Å². The fourth-order valence-corrected chi connectivity index (χ4v) is 6.08. The van der Waals surface area contributed by atoms with Gasteiger partial charge in [0.05, 0.1) is 12.2 Å². The number of rotatable bonds is 3. The van der Waals surface area contributed by atoms with Crippen LogP contribution < -0.4 is 5.32 Å². The molecule has 0 aromatic heterocycles. The van der Waals surface area contributed by atoms with Crippen LogP contribution in [0.15, 0.2) is 23.3 Å². The Morgan fingerprint density at radius 1 is 1.23 bits per heavy atom. The molecule has 1 saturated heterocycles. The zero-order valence-electron chi connectivity index (χ0n) is 19.7. The summed E-state index contributed by atoms with van der Waals surface area (Å²) in [7, 11) is 1.44. The van der Waals surface area contributed by atoms with Gasteiger partial charge in [0.25, 0.3) is 0 Å². The number of carbonyl (C=O) groups excluding carboxylic acids is 2. The third-order valence-electron chi connectivity index (χ3n) is 7.83. The second-order valence-electron chi connectivity index (χ2n) is 10.3. The van der Waals surface area contributed by atoms with Gasteiger partial charge in [-0.05, 0) is 44.9 Å². The number of methoxy groups -OCH3 is 1. The molecule has 174 valence electrons. The van der Waals surface area contributed by atoms with Crippen molar-refractivity contribution >= 4 is 11.7 Å². The number of amides is 1. The average molecular weight is 434 g/mol. The Morgan fingerprint density at radius 3 is 2.52 bits per heavy atom. The van der Waals surface area contributed by atoms with Crippen LogP contribution in [0.4, 0.5) is 0 Å². The topological polar surface area (TPSA) is 95.9 Å². The number of ketones is 1. The van der Waals surface area contributed by atoms with Crippen molar-refractivity contribution in [1.82, 2.24) is 5.32 Å². The largest absolute Gasteiger partial charge is 0.390 e. The Balaban J connectivity index is 2.19. The molecule has 3 aliphatic rings. The maximum atomic E-state index is 14.0. The SMILES string of the molecule is COC1CC(=O)C23C(=O)NC(CC(C)C)C2C(C)C(C)=CC3/C=C(/C)CCC(O)C1O. The number of hydrogen-bond acceptors (Lipinski definition) is 5. The zero-order chi connectivity index (χ0) is 23.1. The van der Waals surface area contributed by atoms with E-state index in [-0.39, 0.29) is 41.9 Å². The van der Waals surface area contributed by atoms with E-state index in [1.54, 1.807) is 0 Å². The third-order valence-corrected chi connectivity index (χ3v) is 7.83. The van der Waals surface area contributed by atoms with E-state index in [2.05, 4.69) is 39.1 Å². The molecule has 1 heterocycles. The van der Waals surface area contributed by atoms with E-state index in [4.69, 9.17) is 4.74 Å². The van der Waals surface area contributed by atoms with Crippen molar-refractivity contribution in [3.05, 3.63) is 23.3 Å². The second-order valence-corrected chi connectivity index (χ2v) is 10.3. The lowest BCUT2D eigenvalue weighted by Crippen LogP contribution is -2.54. The van der Waals surface area contributed by atoms with E-state index in [9.17, 15) is 19.8 Å². The molecule has 8 atom stereocenters. The molecule has 0 aromatic carbocycles. The van der Waals surface area contributed by atoms with Crippen LogP contribution in [0.2, 0.25) is 0 Å². The van der Waals surface area contributed by atoms with Crippen molar-refractivity contribution in [2.75, 3.05) is 7.11 Å². The molecule has 8 unspecified atom stereocenters. The number of Topliss-reactive ketones (excluding diaryl/α,β-unsaturated/α-hetero) is 1. The summed E-state index contributed by atoms with van der Waals surface area (Å²) in [6, 6.07) is -0.0760. The molecule has 6 nitrogen and oxygen atoms in total. The van der Waals surface area contributed by atoms with Gasteiger partial charge in [0, 0.05) is 31.4 Å². The fraction of sp³-hybridized carbons (Fsp3) is 0.760. The Morgan fingerprint density at radius 2 is 1.90 bits per heavy atom. The number of allylic oxidation sites excluding steroid dienone is 4. The summed E-state index contributed by atoms with van der Waals surface area (Å²) in [6.07, 6.45) is 2.79. The van der Waals surface area contributed by atoms with Crippen molar-refractivity contribution in [2.45, 2.75) is 84.7 Å². The first-order chi connectivity index (χ1) is 14.5. The highest BCUT2D eigenvalue weighted by Crippen LogP contribution is 2.55. The summed E-state index contributed by atoms with van der Waals surface area (Å²) in [5, 5.41) is 24.3. The zero-order valence-corrected chi connectivity index (χ0v) is 19.7. The molecule has 2 aliphatic carbocycles. The smallest absolute Gasteiger partial charge is 0.235 e. The molecule has 0 aromatic rings. The molecule has 3 N–H and O–H groups in total. The number of hydrogen-bond donors (Lipinski definition) is 3. The van der Waals surface area contributed by atoms with Crippen LogP contribution >= 0.6 is 0 Å². The number of nitrogens with one attached hydrogen (secondary N) is 1. The predicted molar refractivity (Wildman–Crippen MR) is 119 cm³/mol. The first-order valence-corrected chi connectivity index (χ1v) is 11.6. The van der Waals surface area contributed by atoms with Gasteiger partial charge >= 0.3 is 0 Å². The average Bonchev–Trinajstić information content (AvgIpc) is 2.98. The molecular formula is C25H39NO5. The minimum Gasteiger partial charge on any atom is -0.390 e. The van der Waals surface area contributed by atoms with Crippen molar-refractivity contribution in [3.63, 3.8) is 0 Å². The van der Waals surface area contributed by atoms with Crippen LogP contribution in [-0.2, 0) is 14.3 Å².